The average molecular weight is 300 g/mol. The summed E-state index contributed by atoms with van der Waals surface area (Å²) >= 11 is 0. The molecule has 1 heterocycles. The summed E-state index contributed by atoms with van der Waals surface area (Å²) in [4.78, 5) is 8.58. The van der Waals surface area contributed by atoms with Crippen LogP contribution in [0.15, 0.2) is 33.7 Å². The molecule has 0 saturated heterocycles. The minimum atomic E-state index is 0.518. The van der Waals surface area contributed by atoms with E-state index in [1.165, 1.54) is 11.1 Å². The largest absolute Gasteiger partial charge is 0.444 e. The van der Waals surface area contributed by atoms with Crippen LogP contribution < -0.4 is 10.6 Å². The first kappa shape index (κ1) is 16.1. The number of hydrogen-bond acceptors (Lipinski definition) is 3. The van der Waals surface area contributed by atoms with E-state index in [0.29, 0.717) is 12.4 Å². The van der Waals surface area contributed by atoms with Crippen molar-refractivity contribution < 1.29 is 4.42 Å². The van der Waals surface area contributed by atoms with Crippen LogP contribution in [-0.4, -0.2) is 18.0 Å². The molecule has 2 N–H and O–H groups in total. The van der Waals surface area contributed by atoms with Gasteiger partial charge in [0.25, 0.3) is 0 Å². The molecule has 5 heteroatoms. The Labute approximate surface area is 131 Å². The Kier molecular flexibility index (Phi) is 5.58. The number of nitrogens with zero attached hydrogens (tertiary/aromatic N) is 2. The summed E-state index contributed by atoms with van der Waals surface area (Å²) in [5.41, 5.74) is 3.57. The van der Waals surface area contributed by atoms with Gasteiger partial charge in [-0.15, -0.1) is 0 Å². The summed E-state index contributed by atoms with van der Waals surface area (Å²) in [5.74, 6) is 2.27. The number of benzene rings is 1. The van der Waals surface area contributed by atoms with Gasteiger partial charge in [0.2, 0.25) is 5.89 Å². The highest BCUT2D eigenvalue weighted by atomic mass is 16.4. The molecule has 2 rings (SSSR count). The van der Waals surface area contributed by atoms with Crippen molar-refractivity contribution >= 4 is 5.96 Å². The molecule has 0 aliphatic carbocycles. The summed E-state index contributed by atoms with van der Waals surface area (Å²) < 4.78 is 5.55. The monoisotopic (exact) mass is 300 g/mol. The molecule has 0 aliphatic rings. The van der Waals surface area contributed by atoms with Crippen LogP contribution in [-0.2, 0) is 19.5 Å². The molecule has 5 nitrogen and oxygen atoms in total. The number of aromatic nitrogens is 1. The number of nitrogens with one attached hydrogen (secondary N) is 2. The van der Waals surface area contributed by atoms with E-state index in [1.807, 2.05) is 13.8 Å². The molecule has 0 unspecified atom stereocenters. The zero-order valence-electron chi connectivity index (χ0n) is 13.7. The second kappa shape index (κ2) is 7.64. The molecule has 2 aromatic rings. The molecule has 0 bridgehead atoms. The highest BCUT2D eigenvalue weighted by Gasteiger charge is 2.07. The fraction of sp³-hybridized carbons (Fsp3) is 0.412. The first-order valence-electron chi connectivity index (χ1n) is 7.58. The number of aliphatic imine (C=N–C) groups is 1. The van der Waals surface area contributed by atoms with Gasteiger partial charge >= 0.3 is 0 Å². The van der Waals surface area contributed by atoms with Gasteiger partial charge in [0, 0.05) is 13.6 Å². The topological polar surface area (TPSA) is 62.5 Å². The molecular weight excluding hydrogens is 276 g/mol. The summed E-state index contributed by atoms with van der Waals surface area (Å²) in [7, 11) is 1.76. The summed E-state index contributed by atoms with van der Waals surface area (Å²) in [6.45, 7) is 7.29. The minimum absolute atomic E-state index is 0.518. The van der Waals surface area contributed by atoms with E-state index in [2.05, 4.69) is 51.8 Å². The molecule has 0 spiro atoms. The van der Waals surface area contributed by atoms with E-state index in [0.717, 1.165) is 30.4 Å². The molecule has 0 atom stereocenters. The molecule has 0 fully saturated rings. The minimum Gasteiger partial charge on any atom is -0.444 e. The number of oxazole rings is 1. The van der Waals surface area contributed by atoms with E-state index in [-0.39, 0.29) is 0 Å². The second-order valence-corrected chi connectivity index (χ2v) is 5.15. The van der Waals surface area contributed by atoms with Crippen LogP contribution in [0.3, 0.4) is 0 Å². The first-order valence-corrected chi connectivity index (χ1v) is 7.58. The number of hydrogen-bond donors (Lipinski definition) is 2. The Bertz CT molecular complexity index is 626. The summed E-state index contributed by atoms with van der Waals surface area (Å²) in [5, 5.41) is 6.54. The van der Waals surface area contributed by atoms with Crippen LogP contribution in [0.2, 0.25) is 0 Å². The lowest BCUT2D eigenvalue weighted by Crippen LogP contribution is -2.36. The van der Waals surface area contributed by atoms with Crippen LogP contribution in [0.4, 0.5) is 0 Å². The lowest BCUT2D eigenvalue weighted by Gasteiger charge is -2.12. The number of guanidine groups is 1. The molecule has 0 saturated carbocycles. The number of rotatable bonds is 5. The fourth-order valence-electron chi connectivity index (χ4n) is 2.25. The number of aryl methyl sites for hydroxylation is 3. The van der Waals surface area contributed by atoms with Gasteiger partial charge < -0.3 is 15.1 Å². The smallest absolute Gasteiger partial charge is 0.214 e. The van der Waals surface area contributed by atoms with Crippen LogP contribution >= 0.6 is 0 Å². The molecule has 0 aliphatic heterocycles. The molecule has 118 valence electrons. The zero-order valence-corrected chi connectivity index (χ0v) is 13.7. The highest BCUT2D eigenvalue weighted by Crippen LogP contribution is 2.09. The molecule has 1 aromatic heterocycles. The molecule has 0 radical (unpaired) electrons. The highest BCUT2D eigenvalue weighted by molar-refractivity contribution is 5.79. The fourth-order valence-corrected chi connectivity index (χ4v) is 2.25. The Balaban J connectivity index is 1.90. The normalized spacial score (nSPS) is 11.5. The van der Waals surface area contributed by atoms with E-state index in [9.17, 15) is 0 Å². The second-order valence-electron chi connectivity index (χ2n) is 5.15. The molecular formula is C17H24N4O. The van der Waals surface area contributed by atoms with Gasteiger partial charge in [0.1, 0.15) is 5.76 Å². The third-order valence-electron chi connectivity index (χ3n) is 3.65. The van der Waals surface area contributed by atoms with Crippen molar-refractivity contribution in [2.45, 2.75) is 40.3 Å². The van der Waals surface area contributed by atoms with Crippen LogP contribution in [0, 0.1) is 13.8 Å². The van der Waals surface area contributed by atoms with Crippen LogP contribution in [0.1, 0.15) is 35.4 Å². The van der Waals surface area contributed by atoms with Gasteiger partial charge in [-0.25, -0.2) is 4.98 Å². The van der Waals surface area contributed by atoms with E-state index >= 15 is 0 Å². The summed E-state index contributed by atoms with van der Waals surface area (Å²) in [6, 6.07) is 8.43. The maximum Gasteiger partial charge on any atom is 0.214 e. The third-order valence-corrected chi connectivity index (χ3v) is 3.65. The average Bonchev–Trinajstić information content (AvgIpc) is 2.86. The van der Waals surface area contributed by atoms with Gasteiger partial charge in [-0.1, -0.05) is 31.2 Å². The van der Waals surface area contributed by atoms with Crippen LogP contribution in [0.25, 0.3) is 0 Å². The standard InChI is InChI=1S/C17H24N4O/c1-5-14-8-6-7-9-15(14)10-19-17(18-4)20-11-16-21-12(2)13(3)22-16/h6-9H,5,10-11H2,1-4H3,(H2,18,19,20). The predicted molar refractivity (Wildman–Crippen MR) is 88.8 cm³/mol. The molecule has 1 aromatic carbocycles. The van der Waals surface area contributed by atoms with Crippen molar-refractivity contribution in [3.8, 4) is 0 Å². The van der Waals surface area contributed by atoms with Gasteiger partial charge in [-0.3, -0.25) is 4.99 Å². The van der Waals surface area contributed by atoms with Crippen molar-refractivity contribution in [3.63, 3.8) is 0 Å². The lowest BCUT2D eigenvalue weighted by atomic mass is 10.1. The van der Waals surface area contributed by atoms with Crippen molar-refractivity contribution in [2.24, 2.45) is 4.99 Å². The van der Waals surface area contributed by atoms with Crippen molar-refractivity contribution in [1.82, 2.24) is 15.6 Å². The maximum absolute atomic E-state index is 5.55. The Morgan fingerprint density at radius 3 is 2.41 bits per heavy atom. The van der Waals surface area contributed by atoms with Gasteiger partial charge in [0.05, 0.1) is 12.2 Å². The van der Waals surface area contributed by atoms with Crippen molar-refractivity contribution in [2.75, 3.05) is 7.05 Å². The Morgan fingerprint density at radius 1 is 1.14 bits per heavy atom. The zero-order chi connectivity index (χ0) is 15.9. The lowest BCUT2D eigenvalue weighted by molar-refractivity contribution is 0.463. The molecule has 0 amide bonds. The van der Waals surface area contributed by atoms with Crippen molar-refractivity contribution in [3.05, 3.63) is 52.7 Å². The maximum atomic E-state index is 5.55. The molecule has 22 heavy (non-hydrogen) atoms. The van der Waals surface area contributed by atoms with Crippen molar-refractivity contribution in [1.29, 1.82) is 0 Å². The third kappa shape index (κ3) is 4.10. The quantitative estimate of drug-likeness (QED) is 0.658. The Hall–Kier alpha value is -2.30. The van der Waals surface area contributed by atoms with Gasteiger partial charge in [0.15, 0.2) is 5.96 Å². The van der Waals surface area contributed by atoms with Gasteiger partial charge in [-0.05, 0) is 31.4 Å². The van der Waals surface area contributed by atoms with E-state index in [1.54, 1.807) is 7.05 Å². The van der Waals surface area contributed by atoms with E-state index < -0.39 is 0 Å². The van der Waals surface area contributed by atoms with Crippen LogP contribution in [0.5, 0.6) is 0 Å². The first-order chi connectivity index (χ1) is 10.6. The predicted octanol–water partition coefficient (Wildman–Crippen LogP) is 2.72. The van der Waals surface area contributed by atoms with E-state index in [4.69, 9.17) is 4.42 Å². The summed E-state index contributed by atoms with van der Waals surface area (Å²) in [6.07, 6.45) is 1.03. The van der Waals surface area contributed by atoms with Gasteiger partial charge in [-0.2, -0.15) is 0 Å². The Morgan fingerprint density at radius 2 is 1.82 bits per heavy atom. The SMILES string of the molecule is CCc1ccccc1CNC(=NC)NCc1nc(C)c(C)o1.